The van der Waals surface area contributed by atoms with E-state index in [-0.39, 0.29) is 0 Å². The fourth-order valence-corrected chi connectivity index (χ4v) is 3.25. The quantitative estimate of drug-likeness (QED) is 0.867. The number of hydrogen-bond donors (Lipinski definition) is 0. The van der Waals surface area contributed by atoms with E-state index >= 15 is 0 Å². The van der Waals surface area contributed by atoms with Crippen molar-refractivity contribution in [2.45, 2.75) is 25.9 Å². The summed E-state index contributed by atoms with van der Waals surface area (Å²) in [6, 6.07) is 0. The molecule has 0 saturated heterocycles. The van der Waals surface area contributed by atoms with Gasteiger partial charge in [-0.2, -0.15) is 0 Å². The molecular weight excluding hydrogens is 282 g/mol. The number of fused-ring (bicyclic) bond motifs is 1. The van der Waals surface area contributed by atoms with Crippen LogP contribution in [0.1, 0.15) is 17.9 Å². The molecule has 7 heteroatoms. The summed E-state index contributed by atoms with van der Waals surface area (Å²) in [7, 11) is 2.11. The molecule has 3 heterocycles. The van der Waals surface area contributed by atoms with Crippen LogP contribution in [0.2, 0.25) is 4.34 Å². The van der Waals surface area contributed by atoms with Crippen LogP contribution in [0.25, 0.3) is 0 Å². The Bertz CT molecular complexity index is 552. The SMILES string of the molecule is CN(Cc1nnsc1Cl)CC1CCc2nccn2C1. The van der Waals surface area contributed by atoms with Gasteiger partial charge in [0.15, 0.2) is 0 Å². The van der Waals surface area contributed by atoms with Crippen LogP contribution in [0.3, 0.4) is 0 Å². The van der Waals surface area contributed by atoms with Gasteiger partial charge >= 0.3 is 0 Å². The summed E-state index contributed by atoms with van der Waals surface area (Å²) in [6.07, 6.45) is 6.24. The fraction of sp³-hybridized carbons (Fsp3) is 0.583. The van der Waals surface area contributed by atoms with Crippen molar-refractivity contribution in [3.63, 3.8) is 0 Å². The topological polar surface area (TPSA) is 46.8 Å². The maximum Gasteiger partial charge on any atom is 0.138 e. The number of halogens is 1. The first-order valence-electron chi connectivity index (χ1n) is 6.37. The third-order valence-electron chi connectivity index (χ3n) is 3.53. The van der Waals surface area contributed by atoms with E-state index in [0.29, 0.717) is 10.3 Å². The van der Waals surface area contributed by atoms with Gasteiger partial charge in [-0.1, -0.05) is 16.1 Å². The minimum atomic E-state index is 0.664. The van der Waals surface area contributed by atoms with Gasteiger partial charge in [0.1, 0.15) is 15.9 Å². The van der Waals surface area contributed by atoms with Crippen LogP contribution in [0.4, 0.5) is 0 Å². The molecule has 1 aliphatic heterocycles. The Balaban J connectivity index is 1.56. The third-order valence-corrected chi connectivity index (χ3v) is 4.52. The highest BCUT2D eigenvalue weighted by Gasteiger charge is 2.20. The van der Waals surface area contributed by atoms with Crippen LogP contribution in [-0.4, -0.2) is 37.6 Å². The lowest BCUT2D eigenvalue weighted by Gasteiger charge is -2.27. The van der Waals surface area contributed by atoms with Crippen molar-refractivity contribution in [1.29, 1.82) is 0 Å². The zero-order valence-electron chi connectivity index (χ0n) is 10.8. The second-order valence-electron chi connectivity index (χ2n) is 5.09. The molecule has 0 aliphatic carbocycles. The van der Waals surface area contributed by atoms with Gasteiger partial charge in [-0.3, -0.25) is 0 Å². The van der Waals surface area contributed by atoms with E-state index < -0.39 is 0 Å². The predicted octanol–water partition coefficient (Wildman–Crippen LogP) is 2.08. The van der Waals surface area contributed by atoms with E-state index in [1.165, 1.54) is 23.8 Å². The molecule has 19 heavy (non-hydrogen) atoms. The van der Waals surface area contributed by atoms with Gasteiger partial charge < -0.3 is 9.47 Å². The Kier molecular flexibility index (Phi) is 3.81. The highest BCUT2D eigenvalue weighted by molar-refractivity contribution is 7.10. The first-order chi connectivity index (χ1) is 9.22. The van der Waals surface area contributed by atoms with Crippen molar-refractivity contribution in [3.05, 3.63) is 28.2 Å². The molecule has 5 nitrogen and oxygen atoms in total. The average molecular weight is 298 g/mol. The molecule has 102 valence electrons. The molecule has 2 aromatic rings. The Morgan fingerprint density at radius 3 is 3.26 bits per heavy atom. The Hall–Kier alpha value is -0.980. The molecule has 2 aromatic heterocycles. The smallest absolute Gasteiger partial charge is 0.138 e. The maximum absolute atomic E-state index is 6.03. The molecule has 0 bridgehead atoms. The van der Waals surface area contributed by atoms with Crippen LogP contribution >= 0.6 is 23.1 Å². The lowest BCUT2D eigenvalue weighted by atomic mass is 9.99. The van der Waals surface area contributed by atoms with E-state index in [1.807, 2.05) is 6.20 Å². The van der Waals surface area contributed by atoms with Crippen LogP contribution < -0.4 is 0 Å². The summed E-state index contributed by atoms with van der Waals surface area (Å²) in [5.41, 5.74) is 0.883. The van der Waals surface area contributed by atoms with E-state index in [4.69, 9.17) is 11.6 Å². The minimum Gasteiger partial charge on any atom is -0.335 e. The number of rotatable bonds is 4. The van der Waals surface area contributed by atoms with E-state index in [0.717, 1.165) is 31.7 Å². The molecule has 1 aliphatic rings. The summed E-state index contributed by atoms with van der Waals surface area (Å²) in [6.45, 7) is 2.87. The Labute approximate surface area is 121 Å². The third kappa shape index (κ3) is 2.96. The zero-order valence-corrected chi connectivity index (χ0v) is 12.4. The molecule has 0 N–H and O–H groups in total. The zero-order chi connectivity index (χ0) is 13.2. The molecule has 0 aromatic carbocycles. The molecule has 0 fully saturated rings. The standard InChI is InChI=1S/C12H16ClN5S/c1-17(8-10-12(13)19-16-15-10)6-9-2-3-11-14-4-5-18(11)7-9/h4-5,9H,2-3,6-8H2,1H3. The highest BCUT2D eigenvalue weighted by atomic mass is 35.5. The molecule has 1 unspecified atom stereocenters. The van der Waals surface area contributed by atoms with Gasteiger partial charge in [-0.25, -0.2) is 4.98 Å². The first-order valence-corrected chi connectivity index (χ1v) is 7.53. The second-order valence-corrected chi connectivity index (χ2v) is 6.45. The predicted molar refractivity (Wildman–Crippen MR) is 75.3 cm³/mol. The van der Waals surface area contributed by atoms with Gasteiger partial charge in [0.05, 0.1) is 0 Å². The van der Waals surface area contributed by atoms with E-state index in [9.17, 15) is 0 Å². The number of aromatic nitrogens is 4. The lowest BCUT2D eigenvalue weighted by molar-refractivity contribution is 0.227. The summed E-state index contributed by atoms with van der Waals surface area (Å²) in [5.74, 6) is 1.88. The van der Waals surface area contributed by atoms with Gasteiger partial charge in [0.2, 0.25) is 0 Å². The first kappa shape index (κ1) is 13.0. The number of imidazole rings is 1. The summed E-state index contributed by atoms with van der Waals surface area (Å²) in [5, 5.41) is 4.06. The van der Waals surface area contributed by atoms with Crippen LogP contribution in [-0.2, 0) is 19.5 Å². The van der Waals surface area contributed by atoms with Crippen molar-refractivity contribution in [1.82, 2.24) is 24.0 Å². The van der Waals surface area contributed by atoms with Crippen molar-refractivity contribution in [3.8, 4) is 0 Å². The molecule has 1 atom stereocenters. The number of nitrogens with zero attached hydrogens (tertiary/aromatic N) is 5. The second kappa shape index (κ2) is 5.56. The summed E-state index contributed by atoms with van der Waals surface area (Å²) >= 11 is 7.28. The largest absolute Gasteiger partial charge is 0.335 e. The molecule has 3 rings (SSSR count). The van der Waals surface area contributed by atoms with Gasteiger partial charge in [0, 0.05) is 50.0 Å². The Morgan fingerprint density at radius 1 is 1.58 bits per heavy atom. The van der Waals surface area contributed by atoms with E-state index in [1.54, 1.807) is 0 Å². The fourth-order valence-electron chi connectivity index (χ4n) is 2.64. The highest BCUT2D eigenvalue weighted by Crippen LogP contribution is 2.22. The molecule has 0 amide bonds. The van der Waals surface area contributed by atoms with Gasteiger partial charge in [-0.15, -0.1) is 5.10 Å². The van der Waals surface area contributed by atoms with Gasteiger partial charge in [-0.05, 0) is 19.4 Å². The van der Waals surface area contributed by atoms with Crippen molar-refractivity contribution in [2.24, 2.45) is 5.92 Å². The van der Waals surface area contributed by atoms with Crippen molar-refractivity contribution < 1.29 is 0 Å². The normalized spacial score (nSPS) is 18.8. The van der Waals surface area contributed by atoms with Crippen molar-refractivity contribution >= 4 is 23.1 Å². The van der Waals surface area contributed by atoms with E-state index in [2.05, 4.69) is 37.3 Å². The molecule has 0 radical (unpaired) electrons. The summed E-state index contributed by atoms with van der Waals surface area (Å²) in [4.78, 5) is 6.63. The lowest BCUT2D eigenvalue weighted by Crippen LogP contribution is -2.31. The van der Waals surface area contributed by atoms with Crippen LogP contribution in [0.15, 0.2) is 12.4 Å². The summed E-state index contributed by atoms with van der Waals surface area (Å²) < 4.78 is 6.83. The minimum absolute atomic E-state index is 0.664. The van der Waals surface area contributed by atoms with Crippen LogP contribution in [0, 0.1) is 5.92 Å². The molecule has 0 spiro atoms. The van der Waals surface area contributed by atoms with Gasteiger partial charge in [0.25, 0.3) is 0 Å². The number of hydrogen-bond acceptors (Lipinski definition) is 5. The molecule has 0 saturated carbocycles. The van der Waals surface area contributed by atoms with Crippen LogP contribution in [0.5, 0.6) is 0 Å². The monoisotopic (exact) mass is 297 g/mol. The Morgan fingerprint density at radius 2 is 2.47 bits per heavy atom. The maximum atomic E-state index is 6.03. The number of aryl methyl sites for hydroxylation is 1. The average Bonchev–Trinajstić information content (AvgIpc) is 2.98. The molecular formula is C12H16ClN5S. The van der Waals surface area contributed by atoms with Crippen molar-refractivity contribution in [2.75, 3.05) is 13.6 Å².